The molecule has 2 heterocycles. The number of rotatable bonds is 4. The van der Waals surface area contributed by atoms with E-state index in [4.69, 9.17) is 0 Å². The highest BCUT2D eigenvalue weighted by molar-refractivity contribution is 6.01. The topological polar surface area (TPSA) is 67.6 Å². The van der Waals surface area contributed by atoms with Crippen molar-refractivity contribution in [2.75, 3.05) is 44.2 Å². The van der Waals surface area contributed by atoms with Crippen molar-refractivity contribution >= 4 is 17.5 Å². The molecule has 1 saturated heterocycles. The van der Waals surface area contributed by atoms with Crippen molar-refractivity contribution in [3.05, 3.63) is 89.5 Å². The minimum atomic E-state index is -0.0391. The number of hydrogen-bond donors (Lipinski definition) is 0. The van der Waals surface area contributed by atoms with Gasteiger partial charge in [0.1, 0.15) is 0 Å². The van der Waals surface area contributed by atoms with E-state index in [0.717, 1.165) is 29.8 Å². The maximum absolute atomic E-state index is 13.4. The number of carbonyl (C=O) groups excluding carboxylic acids is 2. The van der Waals surface area contributed by atoms with E-state index in [2.05, 4.69) is 17.0 Å². The molecule has 170 valence electrons. The number of amides is 2. The lowest BCUT2D eigenvalue weighted by molar-refractivity contribution is -0.120. The minimum absolute atomic E-state index is 0.0391. The summed E-state index contributed by atoms with van der Waals surface area (Å²) in [5, 5.41) is 9.51. The molecule has 2 amide bonds. The van der Waals surface area contributed by atoms with Crippen molar-refractivity contribution in [3.8, 4) is 17.2 Å². The molecule has 0 spiro atoms. The smallest absolute Gasteiger partial charge is 0.254 e. The zero-order chi connectivity index (χ0) is 23.5. The number of nitrogens with zero attached hydrogens (tertiary/aromatic N) is 4. The van der Waals surface area contributed by atoms with Crippen molar-refractivity contribution < 1.29 is 9.59 Å². The average Bonchev–Trinajstić information content (AvgIpc) is 3.33. The molecule has 1 fully saturated rings. The highest BCUT2D eigenvalue weighted by Gasteiger charge is 2.29. The van der Waals surface area contributed by atoms with Crippen molar-refractivity contribution in [3.63, 3.8) is 0 Å². The van der Waals surface area contributed by atoms with Crippen LogP contribution in [0.2, 0.25) is 0 Å². The van der Waals surface area contributed by atoms with Gasteiger partial charge >= 0.3 is 0 Å². The lowest BCUT2D eigenvalue weighted by Gasteiger charge is -2.35. The first kappa shape index (κ1) is 21.9. The summed E-state index contributed by atoms with van der Waals surface area (Å²) in [6.45, 7) is 3.54. The fourth-order valence-corrected chi connectivity index (χ4v) is 4.87. The second kappa shape index (κ2) is 9.50. The van der Waals surface area contributed by atoms with E-state index >= 15 is 0 Å². The van der Waals surface area contributed by atoms with Crippen LogP contribution in [-0.2, 0) is 11.2 Å². The van der Waals surface area contributed by atoms with Crippen LogP contribution in [0.15, 0.2) is 72.8 Å². The molecule has 2 aliphatic rings. The molecule has 5 rings (SSSR count). The van der Waals surface area contributed by atoms with Gasteiger partial charge in [-0.15, -0.1) is 0 Å². The first-order chi connectivity index (χ1) is 16.7. The standard InChI is InChI=1S/C28H26N4O2/c29-19-22-8-1-3-9-23(22)24-10-4-5-11-25(24)28(34)31-17-15-30(16-18-31)20-27(33)32-14-13-21-7-2-6-12-26(21)32/h1-12H,13-18,20H2. The van der Waals surface area contributed by atoms with Crippen molar-refractivity contribution in [2.45, 2.75) is 6.42 Å². The van der Waals surface area contributed by atoms with Crippen LogP contribution in [0.4, 0.5) is 5.69 Å². The molecule has 0 saturated carbocycles. The van der Waals surface area contributed by atoms with Crippen LogP contribution in [0.3, 0.4) is 0 Å². The van der Waals surface area contributed by atoms with Gasteiger partial charge in [-0.05, 0) is 35.7 Å². The minimum Gasteiger partial charge on any atom is -0.336 e. The lowest BCUT2D eigenvalue weighted by atomic mass is 9.95. The number of anilines is 1. The second-order valence-electron chi connectivity index (χ2n) is 8.70. The molecular weight excluding hydrogens is 424 g/mol. The molecule has 0 atom stereocenters. The molecule has 34 heavy (non-hydrogen) atoms. The first-order valence-electron chi connectivity index (χ1n) is 11.6. The average molecular weight is 451 g/mol. The van der Waals surface area contributed by atoms with Gasteiger partial charge in [0.2, 0.25) is 5.91 Å². The quantitative estimate of drug-likeness (QED) is 0.610. The van der Waals surface area contributed by atoms with Crippen LogP contribution in [0.1, 0.15) is 21.5 Å². The maximum Gasteiger partial charge on any atom is 0.254 e. The number of fused-ring (bicyclic) bond motifs is 1. The van der Waals surface area contributed by atoms with E-state index in [9.17, 15) is 14.9 Å². The Balaban J connectivity index is 1.24. The molecule has 2 aliphatic heterocycles. The number of nitriles is 1. The zero-order valence-corrected chi connectivity index (χ0v) is 19.0. The third-order valence-corrected chi connectivity index (χ3v) is 6.70. The molecule has 3 aromatic rings. The summed E-state index contributed by atoms with van der Waals surface area (Å²) in [5.74, 6) is 0.0750. The van der Waals surface area contributed by atoms with Gasteiger partial charge in [-0.2, -0.15) is 5.26 Å². The van der Waals surface area contributed by atoms with E-state index in [1.807, 2.05) is 70.5 Å². The molecule has 0 aliphatic carbocycles. The van der Waals surface area contributed by atoms with E-state index in [1.54, 1.807) is 6.07 Å². The third kappa shape index (κ3) is 4.18. The van der Waals surface area contributed by atoms with Gasteiger partial charge < -0.3 is 9.80 Å². The Morgan fingerprint density at radius 3 is 2.26 bits per heavy atom. The van der Waals surface area contributed by atoms with Crippen molar-refractivity contribution in [2.24, 2.45) is 0 Å². The van der Waals surface area contributed by atoms with E-state index < -0.39 is 0 Å². The summed E-state index contributed by atoms with van der Waals surface area (Å²) < 4.78 is 0. The number of hydrogen-bond acceptors (Lipinski definition) is 4. The Morgan fingerprint density at radius 1 is 0.794 bits per heavy atom. The largest absolute Gasteiger partial charge is 0.336 e. The first-order valence-corrected chi connectivity index (χ1v) is 11.6. The van der Waals surface area contributed by atoms with Crippen LogP contribution in [0.5, 0.6) is 0 Å². The molecule has 6 heteroatoms. The Bertz CT molecular complexity index is 1270. The highest BCUT2D eigenvalue weighted by Crippen LogP contribution is 2.29. The Labute approximate surface area is 199 Å². The van der Waals surface area contributed by atoms with Gasteiger partial charge in [0.25, 0.3) is 5.91 Å². The summed E-state index contributed by atoms with van der Waals surface area (Å²) >= 11 is 0. The van der Waals surface area contributed by atoms with Crippen LogP contribution in [-0.4, -0.2) is 60.9 Å². The zero-order valence-electron chi connectivity index (χ0n) is 19.0. The van der Waals surface area contributed by atoms with Gasteiger partial charge in [0.05, 0.1) is 18.2 Å². The normalized spacial score (nSPS) is 15.6. The molecular formula is C28H26N4O2. The molecule has 0 aromatic heterocycles. The van der Waals surface area contributed by atoms with Gasteiger partial charge in [0.15, 0.2) is 0 Å². The van der Waals surface area contributed by atoms with Gasteiger partial charge in [-0.25, -0.2) is 0 Å². The molecule has 0 N–H and O–H groups in total. The summed E-state index contributed by atoms with van der Waals surface area (Å²) in [7, 11) is 0. The van der Waals surface area contributed by atoms with Gasteiger partial charge in [-0.3, -0.25) is 14.5 Å². The summed E-state index contributed by atoms with van der Waals surface area (Å²) in [6, 6.07) is 25.1. The van der Waals surface area contributed by atoms with E-state index in [1.165, 1.54) is 5.56 Å². The summed E-state index contributed by atoms with van der Waals surface area (Å²) in [5.41, 5.74) is 4.94. The number of para-hydroxylation sites is 1. The van der Waals surface area contributed by atoms with Crippen LogP contribution >= 0.6 is 0 Å². The molecule has 3 aromatic carbocycles. The van der Waals surface area contributed by atoms with Gasteiger partial charge in [0, 0.05) is 49.5 Å². The molecule has 6 nitrogen and oxygen atoms in total. The fourth-order valence-electron chi connectivity index (χ4n) is 4.87. The van der Waals surface area contributed by atoms with E-state index in [-0.39, 0.29) is 11.8 Å². The molecule has 0 bridgehead atoms. The fraction of sp³-hybridized carbons (Fsp3) is 0.250. The van der Waals surface area contributed by atoms with Crippen LogP contribution < -0.4 is 4.90 Å². The third-order valence-electron chi connectivity index (χ3n) is 6.70. The van der Waals surface area contributed by atoms with Crippen molar-refractivity contribution in [1.82, 2.24) is 9.80 Å². The summed E-state index contributed by atoms with van der Waals surface area (Å²) in [4.78, 5) is 32.2. The Kier molecular flexibility index (Phi) is 6.11. The number of piperazine rings is 1. The second-order valence-corrected chi connectivity index (χ2v) is 8.70. The maximum atomic E-state index is 13.4. The number of benzene rings is 3. The predicted octanol–water partition coefficient (Wildman–Crippen LogP) is 3.57. The predicted molar refractivity (Wildman–Crippen MR) is 131 cm³/mol. The van der Waals surface area contributed by atoms with Gasteiger partial charge in [-0.1, -0.05) is 54.6 Å². The highest BCUT2D eigenvalue weighted by atomic mass is 16.2. The van der Waals surface area contributed by atoms with Crippen molar-refractivity contribution in [1.29, 1.82) is 5.26 Å². The van der Waals surface area contributed by atoms with Crippen LogP contribution in [0, 0.1) is 11.3 Å². The number of carbonyl (C=O) groups is 2. The summed E-state index contributed by atoms with van der Waals surface area (Å²) in [6.07, 6.45) is 0.901. The Hall–Kier alpha value is -3.95. The Morgan fingerprint density at radius 2 is 1.47 bits per heavy atom. The molecule has 0 unspecified atom stereocenters. The SMILES string of the molecule is N#Cc1ccccc1-c1ccccc1C(=O)N1CCN(CC(=O)N2CCc3ccccc32)CC1. The monoisotopic (exact) mass is 450 g/mol. The molecule has 0 radical (unpaired) electrons. The lowest BCUT2D eigenvalue weighted by Crippen LogP contribution is -2.51. The van der Waals surface area contributed by atoms with E-state index in [0.29, 0.717) is 43.9 Å². The van der Waals surface area contributed by atoms with Crippen LogP contribution in [0.25, 0.3) is 11.1 Å².